The standard InChI is InChI=1S/C18H17BrClNO3S2/c1-18(2,3)26(24)16(21)12-8-10(19)9-13(20)15(12)25-14-7-5-4-6-11(14)17(22)23/h4-9,21H,1-3H3,(H,22,23). The SMILES string of the molecule is CC(C)(C)[S+]([O-])C(=N)c1cc(Br)cc(Cl)c1Sc1ccccc1C(=O)O. The van der Waals surface area contributed by atoms with E-state index in [9.17, 15) is 14.5 Å². The highest BCUT2D eigenvalue weighted by molar-refractivity contribution is 9.10. The van der Waals surface area contributed by atoms with E-state index in [4.69, 9.17) is 17.0 Å². The van der Waals surface area contributed by atoms with Crippen molar-refractivity contribution in [1.82, 2.24) is 0 Å². The summed E-state index contributed by atoms with van der Waals surface area (Å²) in [5.41, 5.74) is 0.564. The molecule has 4 nitrogen and oxygen atoms in total. The van der Waals surface area contributed by atoms with Gasteiger partial charge in [-0.1, -0.05) is 51.4 Å². The topological polar surface area (TPSA) is 84.2 Å². The van der Waals surface area contributed by atoms with Crippen LogP contribution in [0.15, 0.2) is 50.7 Å². The fourth-order valence-electron chi connectivity index (χ4n) is 2.08. The van der Waals surface area contributed by atoms with Crippen molar-refractivity contribution in [2.75, 3.05) is 0 Å². The van der Waals surface area contributed by atoms with Gasteiger partial charge >= 0.3 is 5.97 Å². The molecule has 26 heavy (non-hydrogen) atoms. The average Bonchev–Trinajstić information content (AvgIpc) is 2.55. The average molecular weight is 475 g/mol. The summed E-state index contributed by atoms with van der Waals surface area (Å²) in [5.74, 6) is -1.05. The molecule has 0 bridgehead atoms. The fraction of sp³-hybridized carbons (Fsp3) is 0.222. The van der Waals surface area contributed by atoms with Crippen LogP contribution in [0.25, 0.3) is 0 Å². The molecule has 0 aromatic heterocycles. The molecule has 2 aromatic carbocycles. The van der Waals surface area contributed by atoms with Crippen LogP contribution in [-0.2, 0) is 11.2 Å². The van der Waals surface area contributed by atoms with Crippen LogP contribution in [0.2, 0.25) is 5.02 Å². The number of nitrogens with one attached hydrogen (secondary N) is 1. The van der Waals surface area contributed by atoms with Gasteiger partial charge in [0.05, 0.1) is 16.1 Å². The van der Waals surface area contributed by atoms with Crippen molar-refractivity contribution >= 4 is 61.5 Å². The Labute approximate surface area is 173 Å². The summed E-state index contributed by atoms with van der Waals surface area (Å²) in [6, 6.07) is 9.93. The Bertz CT molecular complexity index is 868. The van der Waals surface area contributed by atoms with E-state index in [1.807, 2.05) is 0 Å². The number of benzene rings is 2. The Hall–Kier alpha value is -0.990. The number of carboxylic acids is 1. The van der Waals surface area contributed by atoms with E-state index in [2.05, 4.69) is 15.9 Å². The highest BCUT2D eigenvalue weighted by Gasteiger charge is 2.33. The summed E-state index contributed by atoms with van der Waals surface area (Å²) in [7, 11) is 0. The van der Waals surface area contributed by atoms with Gasteiger partial charge in [-0.05, 0) is 45.0 Å². The van der Waals surface area contributed by atoms with Crippen LogP contribution in [0.1, 0.15) is 36.7 Å². The molecule has 8 heteroatoms. The normalized spacial score (nSPS) is 12.7. The third kappa shape index (κ3) is 4.84. The molecule has 138 valence electrons. The van der Waals surface area contributed by atoms with Gasteiger partial charge in [0.25, 0.3) is 0 Å². The molecule has 2 aromatic rings. The molecule has 2 rings (SSSR count). The summed E-state index contributed by atoms with van der Waals surface area (Å²) >= 11 is 9.33. The van der Waals surface area contributed by atoms with E-state index in [1.54, 1.807) is 51.1 Å². The molecule has 2 N–H and O–H groups in total. The zero-order chi connectivity index (χ0) is 19.6. The molecular formula is C18H17BrClNO3S2. The highest BCUT2D eigenvalue weighted by Crippen LogP contribution is 2.40. The lowest BCUT2D eigenvalue weighted by atomic mass is 10.2. The summed E-state index contributed by atoms with van der Waals surface area (Å²) in [4.78, 5) is 12.5. The monoisotopic (exact) mass is 473 g/mol. The number of hydrogen-bond donors (Lipinski definition) is 2. The van der Waals surface area contributed by atoms with Gasteiger partial charge < -0.3 is 9.66 Å². The van der Waals surface area contributed by atoms with E-state index < -0.39 is 21.9 Å². The molecule has 0 amide bonds. The third-order valence-electron chi connectivity index (χ3n) is 3.32. The highest BCUT2D eigenvalue weighted by atomic mass is 79.9. The van der Waals surface area contributed by atoms with Gasteiger partial charge in [-0.15, -0.1) is 0 Å². The first kappa shape index (κ1) is 21.3. The number of hydrogen-bond acceptors (Lipinski definition) is 4. The van der Waals surface area contributed by atoms with Gasteiger partial charge in [0.1, 0.15) is 4.75 Å². The fourth-order valence-corrected chi connectivity index (χ4v) is 5.10. The number of carboxylic acid groups (broad SMARTS) is 1. The zero-order valence-electron chi connectivity index (χ0n) is 14.3. The number of halogens is 2. The van der Waals surface area contributed by atoms with Crippen LogP contribution in [-0.4, -0.2) is 25.4 Å². The van der Waals surface area contributed by atoms with Gasteiger partial charge in [0, 0.05) is 25.4 Å². The summed E-state index contributed by atoms with van der Waals surface area (Å²) in [6.07, 6.45) is 0. The maximum Gasteiger partial charge on any atom is 0.336 e. The van der Waals surface area contributed by atoms with E-state index in [0.29, 0.717) is 24.8 Å². The van der Waals surface area contributed by atoms with Crippen LogP contribution < -0.4 is 0 Å². The van der Waals surface area contributed by atoms with E-state index in [-0.39, 0.29) is 10.6 Å². The van der Waals surface area contributed by atoms with Crippen molar-refractivity contribution in [1.29, 1.82) is 5.41 Å². The second kappa shape index (κ2) is 8.35. The molecule has 0 fully saturated rings. The maximum atomic E-state index is 12.7. The summed E-state index contributed by atoms with van der Waals surface area (Å²) in [5, 5.41) is 18.1. The zero-order valence-corrected chi connectivity index (χ0v) is 18.3. The molecule has 0 aliphatic carbocycles. The Morgan fingerprint density at radius 2 is 1.88 bits per heavy atom. The first-order valence-corrected chi connectivity index (χ1v) is 10.7. The van der Waals surface area contributed by atoms with Gasteiger partial charge in [-0.2, -0.15) is 0 Å². The van der Waals surface area contributed by atoms with Crippen molar-refractivity contribution in [2.24, 2.45) is 0 Å². The second-order valence-electron chi connectivity index (χ2n) is 6.38. The molecule has 0 heterocycles. The third-order valence-corrected chi connectivity index (χ3v) is 7.11. The Morgan fingerprint density at radius 1 is 1.27 bits per heavy atom. The first-order valence-electron chi connectivity index (χ1n) is 7.52. The van der Waals surface area contributed by atoms with Crippen molar-refractivity contribution in [3.05, 3.63) is 57.0 Å². The van der Waals surface area contributed by atoms with Crippen molar-refractivity contribution in [3.8, 4) is 0 Å². The predicted molar refractivity (Wildman–Crippen MR) is 111 cm³/mol. The quantitative estimate of drug-likeness (QED) is 0.332. The van der Waals surface area contributed by atoms with Gasteiger partial charge in [-0.25, -0.2) is 4.79 Å². The van der Waals surface area contributed by atoms with Gasteiger partial charge in [0.2, 0.25) is 5.04 Å². The molecule has 0 radical (unpaired) electrons. The van der Waals surface area contributed by atoms with Crippen LogP contribution in [0.4, 0.5) is 0 Å². The molecule has 1 atom stereocenters. The molecule has 0 aliphatic rings. The molecule has 1 unspecified atom stereocenters. The largest absolute Gasteiger partial charge is 0.610 e. The Morgan fingerprint density at radius 3 is 2.46 bits per heavy atom. The van der Waals surface area contributed by atoms with Crippen molar-refractivity contribution < 1.29 is 14.5 Å². The number of rotatable bonds is 4. The molecular weight excluding hydrogens is 458 g/mol. The van der Waals surface area contributed by atoms with Crippen LogP contribution in [0.3, 0.4) is 0 Å². The van der Waals surface area contributed by atoms with E-state index in [0.717, 1.165) is 11.8 Å². The summed E-state index contributed by atoms with van der Waals surface area (Å²) < 4.78 is 12.7. The minimum Gasteiger partial charge on any atom is -0.610 e. The predicted octanol–water partition coefficient (Wildman–Crippen LogP) is 5.82. The smallest absolute Gasteiger partial charge is 0.336 e. The van der Waals surface area contributed by atoms with Crippen LogP contribution in [0, 0.1) is 5.41 Å². The molecule has 0 saturated heterocycles. The van der Waals surface area contributed by atoms with Crippen molar-refractivity contribution in [3.63, 3.8) is 0 Å². The van der Waals surface area contributed by atoms with E-state index >= 15 is 0 Å². The van der Waals surface area contributed by atoms with Crippen LogP contribution in [0.5, 0.6) is 0 Å². The first-order chi connectivity index (χ1) is 12.0. The van der Waals surface area contributed by atoms with Gasteiger partial charge in [0.15, 0.2) is 0 Å². The number of aromatic carboxylic acids is 1. The van der Waals surface area contributed by atoms with Crippen molar-refractivity contribution in [2.45, 2.75) is 35.3 Å². The van der Waals surface area contributed by atoms with Gasteiger partial charge in [-0.3, -0.25) is 5.41 Å². The Kier molecular flexibility index (Phi) is 6.85. The number of carbonyl (C=O) groups is 1. The molecule has 0 aliphatic heterocycles. The van der Waals surface area contributed by atoms with Crippen LogP contribution >= 0.6 is 39.3 Å². The van der Waals surface area contributed by atoms with E-state index in [1.165, 1.54) is 6.07 Å². The lowest BCUT2D eigenvalue weighted by Crippen LogP contribution is -2.34. The minimum atomic E-state index is -1.56. The molecule has 0 saturated carbocycles. The lowest BCUT2D eigenvalue weighted by Gasteiger charge is -2.25. The maximum absolute atomic E-state index is 12.7. The second-order valence-corrected chi connectivity index (χ2v) is 10.9. The minimum absolute atomic E-state index is 0.0454. The summed E-state index contributed by atoms with van der Waals surface area (Å²) in [6.45, 7) is 5.39. The molecule has 0 spiro atoms. The lowest BCUT2D eigenvalue weighted by molar-refractivity contribution is 0.0693. The Balaban J connectivity index is 2.57.